The lowest BCUT2D eigenvalue weighted by Crippen LogP contribution is -2.10. The molecule has 0 radical (unpaired) electrons. The van der Waals surface area contributed by atoms with Gasteiger partial charge in [-0.05, 0) is 94.9 Å². The van der Waals surface area contributed by atoms with E-state index in [1.807, 2.05) is 18.3 Å². The van der Waals surface area contributed by atoms with Crippen LogP contribution < -0.4 is 0 Å². The average molecular weight is 642 g/mol. The number of benzene rings is 7. The van der Waals surface area contributed by atoms with Crippen LogP contribution in [0.4, 0.5) is 0 Å². The summed E-state index contributed by atoms with van der Waals surface area (Å²) in [5.74, 6) is 0.686. The van der Waals surface area contributed by atoms with Crippen LogP contribution in [0.1, 0.15) is 36.5 Å². The second-order valence-corrected chi connectivity index (χ2v) is 13.2. The minimum absolute atomic E-state index is 0.686. The van der Waals surface area contributed by atoms with Crippen LogP contribution in [-0.4, -0.2) is 16.5 Å². The van der Waals surface area contributed by atoms with E-state index in [0.717, 1.165) is 79.2 Å². The molecule has 50 heavy (non-hydrogen) atoms. The largest absolute Gasteiger partial charge is 0.456 e. The number of rotatable bonds is 3. The highest BCUT2D eigenvalue weighted by Crippen LogP contribution is 2.35. The van der Waals surface area contributed by atoms with Gasteiger partial charge in [0.1, 0.15) is 11.2 Å². The van der Waals surface area contributed by atoms with Crippen molar-refractivity contribution in [1.29, 1.82) is 0 Å². The van der Waals surface area contributed by atoms with Gasteiger partial charge in [0.05, 0.1) is 16.9 Å². The fourth-order valence-electron chi connectivity index (χ4n) is 7.55. The molecule has 0 amide bonds. The molecule has 236 valence electrons. The standard InChI is InChI=1S/C46H31N3O/c1-28-14-22-40(32-17-15-29-8-2-3-10-31(29)24-32)48-46(49-45(28)33-19-21-38-37-12-6-7-13-42(37)50-43(38)26-33)34-20-23-41-39(25-34)44-35(27-47-41)18-16-30-9-4-5-11-36(30)44/h2-13,15-21,23-27H,14,22H2,1H3/b45-28+,48-40?,49-46?. The Morgan fingerprint density at radius 3 is 2.14 bits per heavy atom. The van der Waals surface area contributed by atoms with Gasteiger partial charge < -0.3 is 4.42 Å². The second-order valence-electron chi connectivity index (χ2n) is 13.2. The number of nitrogens with zero attached hydrogens (tertiary/aromatic N) is 3. The SMILES string of the molecule is C/C1=C(/c2ccc3c(c2)oc2ccccc23)N=C(c2ccc3ncc4ccc5ccccc5c4c3c2)N=C(c2ccc3ccccc3c2)CC1. The molecule has 0 fully saturated rings. The van der Waals surface area contributed by atoms with Crippen molar-refractivity contribution in [2.75, 3.05) is 0 Å². The lowest BCUT2D eigenvalue weighted by molar-refractivity contribution is 0.669. The van der Waals surface area contributed by atoms with Crippen LogP contribution in [0.25, 0.3) is 70.9 Å². The van der Waals surface area contributed by atoms with Crippen LogP contribution in [0, 0.1) is 0 Å². The summed E-state index contributed by atoms with van der Waals surface area (Å²) >= 11 is 0. The quantitative estimate of drug-likeness (QED) is 0.180. The molecule has 4 heteroatoms. The molecule has 0 N–H and O–H groups in total. The number of aliphatic imine (C=N–C) groups is 2. The Morgan fingerprint density at radius 1 is 0.500 bits per heavy atom. The van der Waals surface area contributed by atoms with Gasteiger partial charge >= 0.3 is 0 Å². The van der Waals surface area contributed by atoms with Crippen LogP contribution in [0.15, 0.2) is 166 Å². The molecule has 10 rings (SSSR count). The molecule has 1 aliphatic rings. The first-order valence-corrected chi connectivity index (χ1v) is 17.1. The van der Waals surface area contributed by atoms with Crippen LogP contribution in [-0.2, 0) is 0 Å². The molecule has 0 saturated carbocycles. The molecule has 0 atom stereocenters. The van der Waals surface area contributed by atoms with Crippen molar-refractivity contribution in [3.63, 3.8) is 0 Å². The Morgan fingerprint density at radius 2 is 1.22 bits per heavy atom. The Hall–Kier alpha value is -6.39. The van der Waals surface area contributed by atoms with Gasteiger partial charge in [0.25, 0.3) is 0 Å². The van der Waals surface area contributed by atoms with E-state index in [1.165, 1.54) is 32.5 Å². The normalized spacial score (nSPS) is 15.5. The van der Waals surface area contributed by atoms with Crippen molar-refractivity contribution >= 4 is 82.4 Å². The summed E-state index contributed by atoms with van der Waals surface area (Å²) in [5.41, 5.74) is 8.97. The molecular formula is C46H31N3O. The molecule has 0 aliphatic carbocycles. The van der Waals surface area contributed by atoms with Crippen LogP contribution >= 0.6 is 0 Å². The van der Waals surface area contributed by atoms with Gasteiger partial charge in [-0.3, -0.25) is 4.98 Å². The number of pyridine rings is 1. The summed E-state index contributed by atoms with van der Waals surface area (Å²) in [6, 6.07) is 49.2. The van der Waals surface area contributed by atoms with Crippen molar-refractivity contribution in [2.45, 2.75) is 19.8 Å². The molecule has 9 aromatic rings. The van der Waals surface area contributed by atoms with Crippen molar-refractivity contribution < 1.29 is 4.42 Å². The first kappa shape index (κ1) is 28.6. The van der Waals surface area contributed by atoms with Gasteiger partial charge in [0, 0.05) is 44.3 Å². The Balaban J connectivity index is 1.20. The predicted molar refractivity (Wildman–Crippen MR) is 209 cm³/mol. The van der Waals surface area contributed by atoms with E-state index in [4.69, 9.17) is 19.4 Å². The zero-order chi connectivity index (χ0) is 33.2. The number of para-hydroxylation sites is 1. The zero-order valence-electron chi connectivity index (χ0n) is 27.5. The van der Waals surface area contributed by atoms with Crippen molar-refractivity contribution in [1.82, 2.24) is 4.98 Å². The smallest absolute Gasteiger partial charge is 0.160 e. The van der Waals surface area contributed by atoms with Crippen molar-refractivity contribution in [3.05, 3.63) is 168 Å². The minimum atomic E-state index is 0.686. The van der Waals surface area contributed by atoms with Gasteiger partial charge in [0.15, 0.2) is 5.84 Å². The van der Waals surface area contributed by atoms with Crippen LogP contribution in [0.5, 0.6) is 0 Å². The van der Waals surface area contributed by atoms with Crippen molar-refractivity contribution in [2.24, 2.45) is 9.98 Å². The number of hydrogen-bond acceptors (Lipinski definition) is 4. The molecule has 2 aromatic heterocycles. The lowest BCUT2D eigenvalue weighted by atomic mass is 9.96. The third kappa shape index (κ3) is 4.72. The van der Waals surface area contributed by atoms with Gasteiger partial charge in [-0.15, -0.1) is 0 Å². The average Bonchev–Trinajstić information content (AvgIpc) is 3.54. The molecule has 4 nitrogen and oxygen atoms in total. The maximum absolute atomic E-state index is 6.32. The number of fused-ring (bicyclic) bond motifs is 9. The molecule has 0 bridgehead atoms. The zero-order valence-corrected chi connectivity index (χ0v) is 27.5. The van der Waals surface area contributed by atoms with Gasteiger partial charge in [-0.1, -0.05) is 97.1 Å². The van der Waals surface area contributed by atoms with E-state index in [0.29, 0.717) is 5.84 Å². The summed E-state index contributed by atoms with van der Waals surface area (Å²) in [7, 11) is 0. The fourth-order valence-corrected chi connectivity index (χ4v) is 7.55. The summed E-state index contributed by atoms with van der Waals surface area (Å²) in [4.78, 5) is 15.7. The number of furan rings is 1. The van der Waals surface area contributed by atoms with E-state index >= 15 is 0 Å². The maximum Gasteiger partial charge on any atom is 0.160 e. The monoisotopic (exact) mass is 641 g/mol. The molecule has 0 unspecified atom stereocenters. The highest BCUT2D eigenvalue weighted by atomic mass is 16.3. The fraction of sp³-hybridized carbons (Fsp3) is 0.0652. The maximum atomic E-state index is 6.32. The predicted octanol–water partition coefficient (Wildman–Crippen LogP) is 12.1. The summed E-state index contributed by atoms with van der Waals surface area (Å²) in [6.45, 7) is 2.20. The molecule has 0 saturated heterocycles. The third-order valence-corrected chi connectivity index (χ3v) is 10.2. The number of aromatic nitrogens is 1. The molecule has 7 aromatic carbocycles. The van der Waals surface area contributed by atoms with E-state index in [2.05, 4.69) is 134 Å². The molecule has 0 spiro atoms. The van der Waals surface area contributed by atoms with Gasteiger partial charge in [-0.2, -0.15) is 0 Å². The Bertz CT molecular complexity index is 2940. The Labute approximate surface area is 288 Å². The molecular weight excluding hydrogens is 611 g/mol. The molecule has 1 aliphatic heterocycles. The topological polar surface area (TPSA) is 50.8 Å². The van der Waals surface area contributed by atoms with E-state index in [-0.39, 0.29) is 0 Å². The number of allylic oxidation sites excluding steroid dienone is 1. The minimum Gasteiger partial charge on any atom is -0.456 e. The summed E-state index contributed by atoms with van der Waals surface area (Å²) in [5, 5.41) is 10.5. The van der Waals surface area contributed by atoms with E-state index < -0.39 is 0 Å². The number of amidine groups is 1. The first-order valence-electron chi connectivity index (χ1n) is 17.1. The lowest BCUT2D eigenvalue weighted by Gasteiger charge is -2.17. The highest BCUT2D eigenvalue weighted by molar-refractivity contribution is 6.21. The van der Waals surface area contributed by atoms with Crippen molar-refractivity contribution in [3.8, 4) is 0 Å². The summed E-state index contributed by atoms with van der Waals surface area (Å²) in [6.07, 6.45) is 3.61. The second kappa shape index (κ2) is 11.4. The first-order chi connectivity index (χ1) is 24.7. The van der Waals surface area contributed by atoms with E-state index in [1.54, 1.807) is 0 Å². The highest BCUT2D eigenvalue weighted by Gasteiger charge is 2.19. The molecule has 3 heterocycles. The van der Waals surface area contributed by atoms with Gasteiger partial charge in [0.2, 0.25) is 0 Å². The van der Waals surface area contributed by atoms with Gasteiger partial charge in [-0.25, -0.2) is 9.98 Å². The van der Waals surface area contributed by atoms with E-state index in [9.17, 15) is 0 Å². The summed E-state index contributed by atoms with van der Waals surface area (Å²) < 4.78 is 6.32. The number of hydrogen-bond donors (Lipinski definition) is 0. The van der Waals surface area contributed by atoms with Crippen LogP contribution in [0.3, 0.4) is 0 Å². The third-order valence-electron chi connectivity index (χ3n) is 10.2. The Kier molecular flexibility index (Phi) is 6.50. The van der Waals surface area contributed by atoms with Crippen LogP contribution in [0.2, 0.25) is 0 Å².